The number of halogens is 1. The van der Waals surface area contributed by atoms with E-state index < -0.39 is 0 Å². The third kappa shape index (κ3) is 4.88. The van der Waals surface area contributed by atoms with E-state index in [-0.39, 0.29) is 5.91 Å². The van der Waals surface area contributed by atoms with Crippen LogP contribution in [0.15, 0.2) is 30.3 Å². The molecule has 1 fully saturated rings. The Kier molecular flexibility index (Phi) is 6.55. The highest BCUT2D eigenvalue weighted by Gasteiger charge is 2.24. The first kappa shape index (κ1) is 19.7. The number of fused-ring (bicyclic) bond motifs is 1. The van der Waals surface area contributed by atoms with Crippen molar-refractivity contribution in [2.24, 2.45) is 0 Å². The molecule has 0 radical (unpaired) electrons. The number of likely N-dealkylation sites (tertiary alicyclic amines) is 1. The second-order valence-electron chi connectivity index (χ2n) is 7.61. The standard InChI is InChI=1S/C22H27ClN2O2S/c23-19-7-4-6-17(14-19)22(26)25-12-8-20-18(16-25)15-21(28-20)27-13-5-11-24-9-2-1-3-10-24/h4,6-7,14-15H,1-3,5,8-13,16H2. The fourth-order valence-corrected chi connectivity index (χ4v) is 5.22. The fraction of sp³-hybridized carbons (Fsp3) is 0.500. The monoisotopic (exact) mass is 418 g/mol. The minimum atomic E-state index is 0.0448. The van der Waals surface area contributed by atoms with Crippen LogP contribution in [0.1, 0.15) is 46.5 Å². The van der Waals surface area contributed by atoms with Crippen molar-refractivity contribution in [3.05, 3.63) is 51.4 Å². The van der Waals surface area contributed by atoms with Gasteiger partial charge in [-0.25, -0.2) is 0 Å². The summed E-state index contributed by atoms with van der Waals surface area (Å²) < 4.78 is 6.02. The molecule has 3 heterocycles. The summed E-state index contributed by atoms with van der Waals surface area (Å²) in [5.41, 5.74) is 1.87. The Morgan fingerprint density at radius 2 is 2.00 bits per heavy atom. The number of piperidine rings is 1. The molecule has 150 valence electrons. The predicted molar refractivity (Wildman–Crippen MR) is 115 cm³/mol. The lowest BCUT2D eigenvalue weighted by atomic mass is 10.1. The minimum Gasteiger partial charge on any atom is -0.484 e. The molecule has 2 aliphatic rings. The van der Waals surface area contributed by atoms with Gasteiger partial charge in [-0.05, 0) is 68.6 Å². The third-order valence-electron chi connectivity index (χ3n) is 5.51. The minimum absolute atomic E-state index is 0.0448. The van der Waals surface area contributed by atoms with E-state index in [2.05, 4.69) is 11.0 Å². The summed E-state index contributed by atoms with van der Waals surface area (Å²) in [5.74, 6) is 0.0448. The molecule has 0 atom stereocenters. The van der Waals surface area contributed by atoms with Gasteiger partial charge in [-0.1, -0.05) is 24.1 Å². The number of hydrogen-bond acceptors (Lipinski definition) is 4. The van der Waals surface area contributed by atoms with Crippen molar-refractivity contribution in [1.29, 1.82) is 0 Å². The Bertz CT molecular complexity index is 817. The molecule has 2 aliphatic heterocycles. The Morgan fingerprint density at radius 3 is 2.82 bits per heavy atom. The van der Waals surface area contributed by atoms with Crippen LogP contribution in [0.2, 0.25) is 5.02 Å². The Hall–Kier alpha value is -1.56. The maximum Gasteiger partial charge on any atom is 0.254 e. The van der Waals surface area contributed by atoms with Crippen LogP contribution in [0.4, 0.5) is 0 Å². The molecular weight excluding hydrogens is 392 g/mol. The molecule has 0 spiro atoms. The number of hydrogen-bond donors (Lipinski definition) is 0. The average Bonchev–Trinajstić information content (AvgIpc) is 3.13. The van der Waals surface area contributed by atoms with Gasteiger partial charge >= 0.3 is 0 Å². The second-order valence-corrected chi connectivity index (χ2v) is 9.14. The Morgan fingerprint density at radius 1 is 1.14 bits per heavy atom. The van der Waals surface area contributed by atoms with E-state index in [1.807, 2.05) is 17.0 Å². The van der Waals surface area contributed by atoms with Crippen molar-refractivity contribution >= 4 is 28.8 Å². The highest BCUT2D eigenvalue weighted by Crippen LogP contribution is 2.34. The van der Waals surface area contributed by atoms with Gasteiger partial charge in [0, 0.05) is 35.1 Å². The van der Waals surface area contributed by atoms with Crippen molar-refractivity contribution < 1.29 is 9.53 Å². The number of carbonyl (C=O) groups excluding carboxylic acids is 1. The van der Waals surface area contributed by atoms with Gasteiger partial charge in [-0.2, -0.15) is 0 Å². The van der Waals surface area contributed by atoms with Crippen molar-refractivity contribution in [3.8, 4) is 5.06 Å². The van der Waals surface area contributed by atoms with Crippen molar-refractivity contribution in [2.45, 2.75) is 38.6 Å². The lowest BCUT2D eigenvalue weighted by Gasteiger charge is -2.27. The van der Waals surface area contributed by atoms with Crippen molar-refractivity contribution in [2.75, 3.05) is 32.8 Å². The first-order valence-electron chi connectivity index (χ1n) is 10.2. The second kappa shape index (κ2) is 9.29. The Labute approximate surface area is 176 Å². The van der Waals surface area contributed by atoms with E-state index in [1.54, 1.807) is 23.5 Å². The zero-order valence-electron chi connectivity index (χ0n) is 16.2. The van der Waals surface area contributed by atoms with Crippen molar-refractivity contribution in [1.82, 2.24) is 9.80 Å². The van der Waals surface area contributed by atoms with E-state index >= 15 is 0 Å². The van der Waals surface area contributed by atoms with Gasteiger partial charge in [0.15, 0.2) is 5.06 Å². The highest BCUT2D eigenvalue weighted by atomic mass is 35.5. The molecular formula is C22H27ClN2O2S. The van der Waals surface area contributed by atoms with Gasteiger partial charge in [0.2, 0.25) is 0 Å². The molecule has 1 aromatic heterocycles. The van der Waals surface area contributed by atoms with Crippen LogP contribution in [0, 0.1) is 0 Å². The van der Waals surface area contributed by atoms with Crippen LogP contribution < -0.4 is 4.74 Å². The van der Waals surface area contributed by atoms with E-state index in [0.717, 1.165) is 37.6 Å². The zero-order valence-corrected chi connectivity index (χ0v) is 17.7. The van der Waals surface area contributed by atoms with Crippen molar-refractivity contribution in [3.63, 3.8) is 0 Å². The SMILES string of the molecule is O=C(c1cccc(Cl)c1)N1CCc2sc(OCCCN3CCCCC3)cc2C1. The fourth-order valence-electron chi connectivity index (χ4n) is 4.00. The first-order valence-corrected chi connectivity index (χ1v) is 11.4. The van der Waals surface area contributed by atoms with E-state index in [4.69, 9.17) is 16.3 Å². The summed E-state index contributed by atoms with van der Waals surface area (Å²) >= 11 is 7.77. The average molecular weight is 419 g/mol. The predicted octanol–water partition coefficient (Wildman–Crippen LogP) is 4.85. The highest BCUT2D eigenvalue weighted by molar-refractivity contribution is 7.14. The molecule has 4 nitrogen and oxygen atoms in total. The molecule has 1 aromatic carbocycles. The lowest BCUT2D eigenvalue weighted by molar-refractivity contribution is 0.0736. The van der Waals surface area contributed by atoms with Gasteiger partial charge in [0.1, 0.15) is 0 Å². The molecule has 4 rings (SSSR count). The molecule has 0 N–H and O–H groups in total. The largest absolute Gasteiger partial charge is 0.484 e. The van der Waals surface area contributed by atoms with Gasteiger partial charge < -0.3 is 14.5 Å². The summed E-state index contributed by atoms with van der Waals surface area (Å²) in [5, 5.41) is 1.58. The van der Waals surface area contributed by atoms with Crippen LogP contribution in [0.5, 0.6) is 5.06 Å². The first-order chi connectivity index (χ1) is 13.7. The molecule has 0 aliphatic carbocycles. The molecule has 1 saturated heterocycles. The van der Waals surface area contributed by atoms with Gasteiger partial charge in [0.25, 0.3) is 5.91 Å². The molecule has 0 unspecified atom stereocenters. The molecule has 1 amide bonds. The zero-order chi connectivity index (χ0) is 19.3. The topological polar surface area (TPSA) is 32.8 Å². The summed E-state index contributed by atoms with van der Waals surface area (Å²) in [6.07, 6.45) is 6.02. The number of amides is 1. The maximum absolute atomic E-state index is 12.8. The number of carbonyl (C=O) groups is 1. The van der Waals surface area contributed by atoms with Gasteiger partial charge in [0.05, 0.1) is 6.61 Å². The Balaban J connectivity index is 1.29. The number of thiophene rings is 1. The number of nitrogens with zero attached hydrogens (tertiary/aromatic N) is 2. The van der Waals surface area contributed by atoms with Crippen LogP contribution in [0.25, 0.3) is 0 Å². The smallest absolute Gasteiger partial charge is 0.254 e. The molecule has 0 saturated carbocycles. The summed E-state index contributed by atoms with van der Waals surface area (Å²) in [6.45, 7) is 5.77. The maximum atomic E-state index is 12.8. The summed E-state index contributed by atoms with van der Waals surface area (Å²) in [6, 6.07) is 9.31. The van der Waals surface area contributed by atoms with Gasteiger partial charge in [-0.15, -0.1) is 11.3 Å². The summed E-state index contributed by atoms with van der Waals surface area (Å²) in [7, 11) is 0. The number of ether oxygens (including phenoxy) is 1. The quantitative estimate of drug-likeness (QED) is 0.628. The lowest BCUT2D eigenvalue weighted by Crippen LogP contribution is -2.35. The van der Waals surface area contributed by atoms with E-state index in [0.29, 0.717) is 17.1 Å². The molecule has 6 heteroatoms. The molecule has 2 aromatic rings. The van der Waals surface area contributed by atoms with E-state index in [1.165, 1.54) is 42.8 Å². The van der Waals surface area contributed by atoms with Crippen LogP contribution in [-0.4, -0.2) is 48.5 Å². The third-order valence-corrected chi connectivity index (χ3v) is 6.90. The number of benzene rings is 1. The molecule has 0 bridgehead atoms. The molecule has 28 heavy (non-hydrogen) atoms. The van der Waals surface area contributed by atoms with Crippen LogP contribution >= 0.6 is 22.9 Å². The van der Waals surface area contributed by atoms with Gasteiger partial charge in [-0.3, -0.25) is 4.79 Å². The number of rotatable bonds is 6. The summed E-state index contributed by atoms with van der Waals surface area (Å²) in [4.78, 5) is 18.6. The van der Waals surface area contributed by atoms with Crippen LogP contribution in [-0.2, 0) is 13.0 Å². The normalized spacial score (nSPS) is 17.4. The van der Waals surface area contributed by atoms with Crippen LogP contribution in [0.3, 0.4) is 0 Å². The van der Waals surface area contributed by atoms with E-state index in [9.17, 15) is 4.79 Å².